The van der Waals surface area contributed by atoms with Gasteiger partial charge in [0.15, 0.2) is 5.96 Å². The highest BCUT2D eigenvalue weighted by atomic mass is 16.4. The zero-order chi connectivity index (χ0) is 30.9. The summed E-state index contributed by atoms with van der Waals surface area (Å²) in [6, 6.07) is 4.64. The Bertz CT molecular complexity index is 1160. The number of nitrogens with one attached hydrogen (secondary N) is 4. The zero-order valence-corrected chi connectivity index (χ0v) is 23.5. The molecule has 0 aliphatic carbocycles. The first-order valence-corrected chi connectivity index (χ1v) is 13.8. The first kappa shape index (κ1) is 33.7. The first-order valence-electron chi connectivity index (χ1n) is 13.8. The second kappa shape index (κ2) is 18.0. The number of aliphatic imine (C=N–C) groups is 1. The number of hydrogen-bond acceptors (Lipinski definition) is 8. The molecule has 230 valence electrons. The number of hydrogen-bond donors (Lipinski definition) is 9. The van der Waals surface area contributed by atoms with Crippen LogP contribution in [0.2, 0.25) is 0 Å². The molecule has 42 heavy (non-hydrogen) atoms. The van der Waals surface area contributed by atoms with Crippen molar-refractivity contribution in [3.8, 4) is 0 Å². The van der Waals surface area contributed by atoms with Crippen molar-refractivity contribution in [1.82, 2.24) is 25.9 Å². The van der Waals surface area contributed by atoms with Gasteiger partial charge in [-0.1, -0.05) is 30.3 Å². The van der Waals surface area contributed by atoms with Crippen LogP contribution in [0.5, 0.6) is 0 Å². The number of aliphatic carboxylic acids is 1. The summed E-state index contributed by atoms with van der Waals surface area (Å²) in [6.45, 7) is 0.705. The van der Waals surface area contributed by atoms with Gasteiger partial charge in [0.25, 0.3) is 0 Å². The lowest BCUT2D eigenvalue weighted by atomic mass is 10.0. The quantitative estimate of drug-likeness (QED) is 0.0508. The predicted molar refractivity (Wildman–Crippen MR) is 157 cm³/mol. The van der Waals surface area contributed by atoms with Gasteiger partial charge in [0.1, 0.15) is 18.1 Å². The van der Waals surface area contributed by atoms with Gasteiger partial charge in [0, 0.05) is 31.3 Å². The average Bonchev–Trinajstić information content (AvgIpc) is 3.47. The summed E-state index contributed by atoms with van der Waals surface area (Å²) < 4.78 is 0. The van der Waals surface area contributed by atoms with Crippen LogP contribution >= 0.6 is 0 Å². The molecule has 13 N–H and O–H groups in total. The Morgan fingerprint density at radius 2 is 1.55 bits per heavy atom. The van der Waals surface area contributed by atoms with Crippen LogP contribution in [0, 0.1) is 0 Å². The fourth-order valence-corrected chi connectivity index (χ4v) is 4.11. The molecule has 15 nitrogen and oxygen atoms in total. The number of amides is 3. The highest BCUT2D eigenvalue weighted by Crippen LogP contribution is 2.08. The van der Waals surface area contributed by atoms with Crippen molar-refractivity contribution in [3.05, 3.63) is 54.1 Å². The lowest BCUT2D eigenvalue weighted by Gasteiger charge is -2.25. The minimum Gasteiger partial charge on any atom is -0.480 e. The normalized spacial score (nSPS) is 13.7. The minimum absolute atomic E-state index is 0.0358. The number of guanidine groups is 1. The van der Waals surface area contributed by atoms with Crippen molar-refractivity contribution in [3.63, 3.8) is 0 Å². The number of rotatable bonds is 19. The van der Waals surface area contributed by atoms with Gasteiger partial charge in [-0.15, -0.1) is 0 Å². The third-order valence-corrected chi connectivity index (χ3v) is 6.39. The van der Waals surface area contributed by atoms with Crippen molar-refractivity contribution < 1.29 is 24.3 Å². The summed E-state index contributed by atoms with van der Waals surface area (Å²) in [5.74, 6) is -3.15. The summed E-state index contributed by atoms with van der Waals surface area (Å²) in [5, 5.41) is 17.6. The van der Waals surface area contributed by atoms with Crippen LogP contribution in [0.1, 0.15) is 43.4 Å². The van der Waals surface area contributed by atoms with E-state index >= 15 is 0 Å². The Morgan fingerprint density at radius 1 is 0.881 bits per heavy atom. The topological polar surface area (TPSA) is 270 Å². The molecule has 0 radical (unpaired) electrons. The molecular weight excluding hydrogens is 544 g/mol. The summed E-state index contributed by atoms with van der Waals surface area (Å²) in [4.78, 5) is 62.1. The molecule has 0 bridgehead atoms. The van der Waals surface area contributed by atoms with Crippen LogP contribution in [0.15, 0.2) is 47.8 Å². The van der Waals surface area contributed by atoms with Crippen LogP contribution in [0.25, 0.3) is 0 Å². The monoisotopic (exact) mass is 586 g/mol. The van der Waals surface area contributed by atoms with Gasteiger partial charge < -0.3 is 49.0 Å². The van der Waals surface area contributed by atoms with Gasteiger partial charge in [0.2, 0.25) is 17.7 Å². The van der Waals surface area contributed by atoms with E-state index in [-0.39, 0.29) is 31.6 Å². The van der Waals surface area contributed by atoms with Crippen molar-refractivity contribution in [2.75, 3.05) is 13.1 Å². The minimum atomic E-state index is -1.27. The van der Waals surface area contributed by atoms with Crippen LogP contribution in [0.3, 0.4) is 0 Å². The van der Waals surface area contributed by atoms with Crippen molar-refractivity contribution in [2.45, 2.75) is 69.1 Å². The van der Waals surface area contributed by atoms with Gasteiger partial charge in [0.05, 0.1) is 12.4 Å². The fraction of sp³-hybridized carbons (Fsp3) is 0.481. The van der Waals surface area contributed by atoms with Crippen LogP contribution in [0.4, 0.5) is 0 Å². The van der Waals surface area contributed by atoms with Crippen LogP contribution < -0.4 is 38.9 Å². The molecule has 1 heterocycles. The van der Waals surface area contributed by atoms with E-state index in [4.69, 9.17) is 22.9 Å². The molecule has 1 aromatic heterocycles. The summed E-state index contributed by atoms with van der Waals surface area (Å²) in [6.07, 6.45) is 5.07. The fourth-order valence-electron chi connectivity index (χ4n) is 4.11. The molecule has 0 aliphatic rings. The Morgan fingerprint density at radius 3 is 2.17 bits per heavy atom. The van der Waals surface area contributed by atoms with Gasteiger partial charge >= 0.3 is 5.97 Å². The van der Waals surface area contributed by atoms with E-state index in [1.54, 1.807) is 24.3 Å². The molecule has 0 aliphatic heterocycles. The number of benzene rings is 1. The SMILES string of the molecule is NCCCCC(NC(=O)C(N)CCCN=C(N)N)C(=O)NC(Cc1ccccc1)C(=O)NC(Cc1cnc[nH]1)C(=O)O. The standard InChI is InChI=1S/C27H42N10O5/c28-11-5-4-10-20(35-23(38)19(29)9-6-12-33-27(30)31)24(39)36-21(13-17-7-2-1-3-8-17)25(40)37-22(26(41)42)14-18-15-32-16-34-18/h1-3,7-8,15-16,19-22H,4-6,9-14,28-29H2,(H,32,34)(H,35,38)(H,36,39)(H,37,40)(H,41,42)(H4,30,31,33). The maximum absolute atomic E-state index is 13.5. The number of carboxylic acids is 1. The van der Waals surface area contributed by atoms with Crippen LogP contribution in [-0.2, 0) is 32.0 Å². The van der Waals surface area contributed by atoms with Crippen molar-refractivity contribution >= 4 is 29.7 Å². The van der Waals surface area contributed by atoms with E-state index < -0.39 is 47.9 Å². The van der Waals surface area contributed by atoms with E-state index in [1.165, 1.54) is 12.5 Å². The lowest BCUT2D eigenvalue weighted by molar-refractivity contribution is -0.142. The maximum Gasteiger partial charge on any atom is 0.326 e. The number of aromatic amines is 1. The highest BCUT2D eigenvalue weighted by Gasteiger charge is 2.30. The molecular formula is C27H42N10O5. The van der Waals surface area contributed by atoms with Gasteiger partial charge in [-0.25, -0.2) is 9.78 Å². The molecule has 2 rings (SSSR count). The van der Waals surface area contributed by atoms with E-state index in [9.17, 15) is 24.3 Å². The average molecular weight is 587 g/mol. The molecule has 0 fully saturated rings. The van der Waals surface area contributed by atoms with Crippen molar-refractivity contribution in [2.24, 2.45) is 27.9 Å². The number of nitrogens with zero attached hydrogens (tertiary/aromatic N) is 2. The summed E-state index contributed by atoms with van der Waals surface area (Å²) >= 11 is 0. The Balaban J connectivity index is 2.17. The molecule has 3 amide bonds. The summed E-state index contributed by atoms with van der Waals surface area (Å²) in [7, 11) is 0. The third kappa shape index (κ3) is 12.3. The third-order valence-electron chi connectivity index (χ3n) is 6.39. The molecule has 0 saturated heterocycles. The molecule has 4 atom stereocenters. The van der Waals surface area contributed by atoms with E-state index in [1.807, 2.05) is 6.07 Å². The smallest absolute Gasteiger partial charge is 0.326 e. The number of carbonyl (C=O) groups is 4. The number of unbranched alkanes of at least 4 members (excludes halogenated alkanes) is 1. The molecule has 2 aromatic rings. The Labute approximate surface area is 244 Å². The molecule has 4 unspecified atom stereocenters. The summed E-state index contributed by atoms with van der Waals surface area (Å²) in [5.41, 5.74) is 23.5. The van der Waals surface area contributed by atoms with Gasteiger partial charge in [-0.05, 0) is 44.2 Å². The number of H-pyrrole nitrogens is 1. The highest BCUT2D eigenvalue weighted by molar-refractivity contribution is 5.94. The zero-order valence-electron chi connectivity index (χ0n) is 23.5. The Kier molecular flexibility index (Phi) is 14.5. The largest absolute Gasteiger partial charge is 0.480 e. The molecule has 15 heteroatoms. The van der Waals surface area contributed by atoms with Crippen molar-refractivity contribution in [1.29, 1.82) is 0 Å². The number of carboxylic acid groups (broad SMARTS) is 1. The second-order valence-corrected chi connectivity index (χ2v) is 9.83. The lowest BCUT2D eigenvalue weighted by Crippen LogP contribution is -2.57. The first-order chi connectivity index (χ1) is 20.1. The predicted octanol–water partition coefficient (Wildman–Crippen LogP) is -1.76. The molecule has 1 aromatic carbocycles. The van der Waals surface area contributed by atoms with Gasteiger partial charge in [-0.3, -0.25) is 19.4 Å². The van der Waals surface area contributed by atoms with E-state index in [2.05, 4.69) is 30.9 Å². The van der Waals surface area contributed by atoms with Gasteiger partial charge in [-0.2, -0.15) is 0 Å². The van der Waals surface area contributed by atoms with E-state index in [0.717, 1.165) is 5.56 Å². The number of aromatic nitrogens is 2. The number of imidazole rings is 1. The Hall–Kier alpha value is -4.50. The number of nitrogens with two attached hydrogens (primary N) is 4. The molecule has 0 saturated carbocycles. The molecule has 0 spiro atoms. The number of carbonyl (C=O) groups excluding carboxylic acids is 3. The second-order valence-electron chi connectivity index (χ2n) is 9.83. The maximum atomic E-state index is 13.5. The van der Waals surface area contributed by atoms with Crippen LogP contribution in [-0.4, -0.2) is 82.0 Å². The van der Waals surface area contributed by atoms with E-state index in [0.29, 0.717) is 38.0 Å².